The van der Waals surface area contributed by atoms with Crippen molar-refractivity contribution in [2.75, 3.05) is 19.8 Å². The summed E-state index contributed by atoms with van der Waals surface area (Å²) >= 11 is 5.80. The maximum absolute atomic E-state index is 11.7. The topological polar surface area (TPSA) is 56.8 Å². The van der Waals surface area contributed by atoms with Gasteiger partial charge in [0, 0.05) is 17.0 Å². The summed E-state index contributed by atoms with van der Waals surface area (Å²) in [6.45, 7) is 4.47. The summed E-state index contributed by atoms with van der Waals surface area (Å²) in [7, 11) is 0. The van der Waals surface area contributed by atoms with Gasteiger partial charge in [0.25, 0.3) is 5.91 Å². The molecule has 1 heterocycles. The molecule has 0 fully saturated rings. The first-order valence-corrected chi connectivity index (χ1v) is 9.35. The van der Waals surface area contributed by atoms with Gasteiger partial charge in [-0.2, -0.15) is 0 Å². The van der Waals surface area contributed by atoms with E-state index < -0.39 is 0 Å². The second-order valence-electron chi connectivity index (χ2n) is 6.94. The highest BCUT2D eigenvalue weighted by Crippen LogP contribution is 2.41. The first kappa shape index (κ1) is 19.9. The van der Waals surface area contributed by atoms with Gasteiger partial charge in [-0.05, 0) is 44.2 Å². The lowest BCUT2D eigenvalue weighted by Crippen LogP contribution is -2.29. The zero-order valence-corrected chi connectivity index (χ0v) is 16.6. The average Bonchev–Trinajstić information content (AvgIpc) is 2.98. The molecule has 1 aliphatic heterocycles. The van der Waals surface area contributed by atoms with Gasteiger partial charge in [-0.25, -0.2) is 0 Å². The van der Waals surface area contributed by atoms with Gasteiger partial charge in [-0.3, -0.25) is 4.79 Å². The predicted molar refractivity (Wildman–Crippen MR) is 108 cm³/mol. The highest BCUT2D eigenvalue weighted by atomic mass is 35.5. The van der Waals surface area contributed by atoms with Gasteiger partial charge in [0.15, 0.2) is 18.1 Å². The molecule has 0 saturated carbocycles. The molecule has 0 atom stereocenters. The Hall–Kier alpha value is -2.84. The van der Waals surface area contributed by atoms with Crippen LogP contribution in [0, 0.1) is 11.8 Å². The lowest BCUT2D eigenvalue weighted by atomic mass is 10.0. The molecule has 0 unspecified atom stereocenters. The van der Waals surface area contributed by atoms with E-state index in [1.54, 1.807) is 24.3 Å². The number of ether oxygens (including phenoxy) is 3. The van der Waals surface area contributed by atoms with Crippen molar-refractivity contribution in [1.29, 1.82) is 0 Å². The predicted octanol–water partition coefficient (Wildman–Crippen LogP) is 3.63. The maximum Gasteiger partial charge on any atom is 0.258 e. The van der Waals surface area contributed by atoms with Crippen LogP contribution in [-0.2, 0) is 11.2 Å². The summed E-state index contributed by atoms with van der Waals surface area (Å²) in [5.41, 5.74) is 0.926. The third-order valence-corrected chi connectivity index (χ3v) is 4.29. The van der Waals surface area contributed by atoms with Crippen molar-refractivity contribution < 1.29 is 19.0 Å². The molecule has 28 heavy (non-hydrogen) atoms. The number of hydrogen-bond donors (Lipinski definition) is 1. The van der Waals surface area contributed by atoms with Crippen molar-refractivity contribution >= 4 is 17.5 Å². The van der Waals surface area contributed by atoms with E-state index in [2.05, 4.69) is 31.0 Å². The van der Waals surface area contributed by atoms with Crippen molar-refractivity contribution in [1.82, 2.24) is 5.32 Å². The molecule has 2 aromatic rings. The summed E-state index contributed by atoms with van der Waals surface area (Å²) < 4.78 is 17.0. The minimum atomic E-state index is -0.248. The third-order valence-electron chi connectivity index (χ3n) is 4.04. The van der Waals surface area contributed by atoms with Crippen molar-refractivity contribution in [3.05, 3.63) is 53.1 Å². The number of halogens is 1. The normalized spacial score (nSPS) is 13.5. The van der Waals surface area contributed by atoms with Gasteiger partial charge >= 0.3 is 0 Å². The Morgan fingerprint density at radius 3 is 2.75 bits per heavy atom. The Morgan fingerprint density at radius 2 is 1.96 bits per heavy atom. The van der Waals surface area contributed by atoms with E-state index in [0.29, 0.717) is 16.5 Å². The van der Waals surface area contributed by atoms with Crippen molar-refractivity contribution in [3.63, 3.8) is 0 Å². The molecule has 5 nitrogen and oxygen atoms in total. The van der Waals surface area contributed by atoms with Crippen LogP contribution in [-0.4, -0.2) is 31.3 Å². The quantitative estimate of drug-likeness (QED) is 0.753. The van der Waals surface area contributed by atoms with Gasteiger partial charge in [-0.15, -0.1) is 0 Å². The van der Waals surface area contributed by atoms with Crippen molar-refractivity contribution in [2.24, 2.45) is 0 Å². The number of amides is 1. The number of carbonyl (C=O) groups excluding carboxylic acids is 1. The van der Waals surface area contributed by atoms with Crippen LogP contribution < -0.4 is 19.5 Å². The fourth-order valence-electron chi connectivity index (χ4n) is 2.80. The summed E-state index contributed by atoms with van der Waals surface area (Å²) in [6, 6.07) is 12.7. The van der Waals surface area contributed by atoms with Crippen molar-refractivity contribution in [3.8, 4) is 29.1 Å². The van der Waals surface area contributed by atoms with Gasteiger partial charge in [0.05, 0.1) is 6.54 Å². The lowest BCUT2D eigenvalue weighted by Gasteiger charge is -2.17. The van der Waals surface area contributed by atoms with Gasteiger partial charge in [-0.1, -0.05) is 35.6 Å². The van der Waals surface area contributed by atoms with Gasteiger partial charge in [0.2, 0.25) is 0 Å². The fourth-order valence-corrected chi connectivity index (χ4v) is 2.93. The largest absolute Gasteiger partial charge is 0.484 e. The Bertz CT molecular complexity index is 897. The third kappa shape index (κ3) is 5.58. The molecule has 1 amide bonds. The molecule has 1 aliphatic rings. The molecule has 0 aliphatic carbocycles. The average molecular weight is 400 g/mol. The van der Waals surface area contributed by atoms with Crippen LogP contribution in [0.5, 0.6) is 17.2 Å². The molecule has 0 bridgehead atoms. The maximum atomic E-state index is 11.7. The second kappa shape index (κ2) is 8.90. The molecule has 1 N–H and O–H groups in total. The van der Waals surface area contributed by atoms with E-state index in [1.807, 2.05) is 18.2 Å². The molecule has 3 rings (SSSR count). The highest BCUT2D eigenvalue weighted by molar-refractivity contribution is 6.30. The highest BCUT2D eigenvalue weighted by Gasteiger charge is 2.32. The van der Waals surface area contributed by atoms with E-state index in [-0.39, 0.29) is 31.3 Å². The second-order valence-corrected chi connectivity index (χ2v) is 7.38. The van der Waals surface area contributed by atoms with Crippen LogP contribution in [0.2, 0.25) is 5.02 Å². The molecule has 146 valence electrons. The standard InChI is InChI=1S/C22H22ClNO4/c1-22(2)14-16-6-5-7-19(21(16)28-22)26-13-4-3-12-24-20(25)15-27-18-10-8-17(23)9-11-18/h5-11H,12-15H2,1-2H3,(H,24,25). The summed E-state index contributed by atoms with van der Waals surface area (Å²) in [5.74, 6) is 7.56. The van der Waals surface area contributed by atoms with Crippen LogP contribution in [0.1, 0.15) is 19.4 Å². The molecule has 0 radical (unpaired) electrons. The minimum Gasteiger partial charge on any atom is -0.484 e. The number of benzene rings is 2. The van der Waals surface area contributed by atoms with Crippen LogP contribution in [0.4, 0.5) is 0 Å². The molecule has 0 saturated heterocycles. The summed E-state index contributed by atoms with van der Waals surface area (Å²) in [6.07, 6.45) is 0.856. The number of nitrogens with one attached hydrogen (secondary N) is 1. The van der Waals surface area contributed by atoms with Gasteiger partial charge in [0.1, 0.15) is 18.0 Å². The fraction of sp³-hybridized carbons (Fsp3) is 0.318. The van der Waals surface area contributed by atoms with Gasteiger partial charge < -0.3 is 19.5 Å². The smallest absolute Gasteiger partial charge is 0.258 e. The van der Waals surface area contributed by atoms with Crippen LogP contribution >= 0.6 is 11.6 Å². The number of rotatable bonds is 6. The van der Waals surface area contributed by atoms with Crippen molar-refractivity contribution in [2.45, 2.75) is 25.9 Å². The van der Waals surface area contributed by atoms with Crippen LogP contribution in [0.25, 0.3) is 0 Å². The SMILES string of the molecule is CC1(C)Cc2cccc(OCC#CCNC(=O)COc3ccc(Cl)cc3)c2O1. The van der Waals surface area contributed by atoms with E-state index in [0.717, 1.165) is 17.7 Å². The van der Waals surface area contributed by atoms with E-state index >= 15 is 0 Å². The zero-order chi connectivity index (χ0) is 20.0. The molecule has 0 aromatic heterocycles. The number of carbonyl (C=O) groups is 1. The van der Waals surface area contributed by atoms with E-state index in [1.165, 1.54) is 0 Å². The monoisotopic (exact) mass is 399 g/mol. The number of hydrogen-bond acceptors (Lipinski definition) is 4. The minimum absolute atomic E-state index is 0.0803. The molecular weight excluding hydrogens is 378 g/mol. The van der Waals surface area contributed by atoms with Crippen LogP contribution in [0.3, 0.4) is 0 Å². The number of para-hydroxylation sites is 1. The Labute approximate surface area is 169 Å². The Morgan fingerprint density at radius 1 is 1.18 bits per heavy atom. The molecule has 6 heteroatoms. The first-order valence-electron chi connectivity index (χ1n) is 8.97. The first-order chi connectivity index (χ1) is 13.4. The number of fused-ring (bicyclic) bond motifs is 1. The summed E-state index contributed by atoms with van der Waals surface area (Å²) in [4.78, 5) is 11.7. The molecular formula is C22H22ClNO4. The van der Waals surface area contributed by atoms with E-state index in [4.69, 9.17) is 25.8 Å². The molecule has 2 aromatic carbocycles. The Kier molecular flexibility index (Phi) is 6.33. The van der Waals surface area contributed by atoms with Crippen LogP contribution in [0.15, 0.2) is 42.5 Å². The Balaban J connectivity index is 1.38. The van der Waals surface area contributed by atoms with E-state index in [9.17, 15) is 4.79 Å². The lowest BCUT2D eigenvalue weighted by molar-refractivity contribution is -0.122. The zero-order valence-electron chi connectivity index (χ0n) is 15.9. The summed E-state index contributed by atoms with van der Waals surface area (Å²) in [5, 5.41) is 3.29. The molecule has 0 spiro atoms.